The second-order valence-corrected chi connectivity index (χ2v) is 6.72. The molecule has 0 aliphatic rings. The molecule has 3 heteroatoms. The second-order valence-electron chi connectivity index (χ2n) is 6.72. The standard InChI is InChI=1S/C19H30O3/c1-7-19(18(3,4)5,17(20)22-8-2)14-13-15-11-9-10-12-16(15)21-6/h9-12H,7-8,13-14H2,1-6H3. The van der Waals surface area contributed by atoms with Gasteiger partial charge in [0.2, 0.25) is 0 Å². The average molecular weight is 306 g/mol. The average Bonchev–Trinajstić information content (AvgIpc) is 2.47. The van der Waals surface area contributed by atoms with Crippen molar-refractivity contribution in [2.75, 3.05) is 13.7 Å². The van der Waals surface area contributed by atoms with E-state index in [1.165, 1.54) is 0 Å². The van der Waals surface area contributed by atoms with Gasteiger partial charge < -0.3 is 9.47 Å². The van der Waals surface area contributed by atoms with Crippen molar-refractivity contribution in [2.24, 2.45) is 10.8 Å². The fourth-order valence-corrected chi connectivity index (χ4v) is 3.16. The molecule has 0 spiro atoms. The van der Waals surface area contributed by atoms with Gasteiger partial charge in [0.15, 0.2) is 0 Å². The lowest BCUT2D eigenvalue weighted by Gasteiger charge is -2.42. The maximum Gasteiger partial charge on any atom is 0.312 e. The summed E-state index contributed by atoms with van der Waals surface area (Å²) in [6, 6.07) is 7.99. The van der Waals surface area contributed by atoms with Gasteiger partial charge in [0, 0.05) is 0 Å². The third kappa shape index (κ3) is 3.82. The highest BCUT2D eigenvalue weighted by Crippen LogP contribution is 2.46. The van der Waals surface area contributed by atoms with Gasteiger partial charge in [-0.1, -0.05) is 45.9 Å². The molecule has 0 aliphatic carbocycles. The molecular formula is C19H30O3. The molecule has 3 nitrogen and oxygen atoms in total. The van der Waals surface area contributed by atoms with Crippen LogP contribution in [0.2, 0.25) is 0 Å². The third-order valence-corrected chi connectivity index (χ3v) is 4.72. The Hall–Kier alpha value is -1.51. The number of hydrogen-bond donors (Lipinski definition) is 0. The summed E-state index contributed by atoms with van der Waals surface area (Å²) in [5.41, 5.74) is 0.497. The first kappa shape index (κ1) is 18.5. The summed E-state index contributed by atoms with van der Waals surface area (Å²) in [7, 11) is 1.68. The molecule has 0 N–H and O–H groups in total. The van der Waals surface area contributed by atoms with Crippen molar-refractivity contribution in [3.05, 3.63) is 29.8 Å². The van der Waals surface area contributed by atoms with E-state index in [1.54, 1.807) is 7.11 Å². The number of rotatable bonds is 7. The lowest BCUT2D eigenvalue weighted by molar-refractivity contribution is -0.164. The van der Waals surface area contributed by atoms with E-state index < -0.39 is 5.41 Å². The predicted octanol–water partition coefficient (Wildman–Crippen LogP) is 4.63. The normalized spacial score (nSPS) is 14.3. The van der Waals surface area contributed by atoms with Gasteiger partial charge in [-0.15, -0.1) is 0 Å². The van der Waals surface area contributed by atoms with Crippen LogP contribution in [0.5, 0.6) is 5.75 Å². The Morgan fingerprint density at radius 3 is 2.27 bits per heavy atom. The van der Waals surface area contributed by atoms with Crippen molar-refractivity contribution >= 4 is 5.97 Å². The minimum absolute atomic E-state index is 0.0834. The van der Waals surface area contributed by atoms with Gasteiger partial charge in [-0.2, -0.15) is 0 Å². The molecule has 0 bridgehead atoms. The quantitative estimate of drug-likeness (QED) is 0.689. The molecule has 0 aromatic heterocycles. The van der Waals surface area contributed by atoms with Crippen LogP contribution in [-0.4, -0.2) is 19.7 Å². The minimum Gasteiger partial charge on any atom is -0.496 e. The molecule has 1 aromatic carbocycles. The van der Waals surface area contributed by atoms with E-state index in [1.807, 2.05) is 25.1 Å². The van der Waals surface area contributed by atoms with Crippen LogP contribution in [0.1, 0.15) is 53.0 Å². The van der Waals surface area contributed by atoms with Crippen molar-refractivity contribution in [1.82, 2.24) is 0 Å². The minimum atomic E-state index is -0.482. The molecule has 0 aliphatic heterocycles. The number of ether oxygens (including phenoxy) is 2. The summed E-state index contributed by atoms with van der Waals surface area (Å²) in [6.45, 7) is 10.7. The lowest BCUT2D eigenvalue weighted by Crippen LogP contribution is -2.44. The van der Waals surface area contributed by atoms with Crippen LogP contribution in [0.3, 0.4) is 0 Å². The Bertz CT molecular complexity index is 488. The number of carbonyl (C=O) groups excluding carboxylic acids is 1. The van der Waals surface area contributed by atoms with Crippen molar-refractivity contribution in [1.29, 1.82) is 0 Å². The van der Waals surface area contributed by atoms with Crippen LogP contribution in [-0.2, 0) is 16.0 Å². The number of para-hydroxylation sites is 1. The third-order valence-electron chi connectivity index (χ3n) is 4.72. The van der Waals surface area contributed by atoms with Gasteiger partial charge in [-0.3, -0.25) is 4.79 Å². The van der Waals surface area contributed by atoms with E-state index >= 15 is 0 Å². The van der Waals surface area contributed by atoms with E-state index in [2.05, 4.69) is 33.8 Å². The summed E-state index contributed by atoms with van der Waals surface area (Å²) in [6.07, 6.45) is 2.32. The Morgan fingerprint density at radius 2 is 1.77 bits per heavy atom. The summed E-state index contributed by atoms with van der Waals surface area (Å²) in [5, 5.41) is 0. The molecule has 124 valence electrons. The zero-order valence-electron chi connectivity index (χ0n) is 14.9. The highest BCUT2D eigenvalue weighted by molar-refractivity contribution is 5.77. The Kier molecular flexibility index (Phi) is 6.46. The van der Waals surface area contributed by atoms with Crippen molar-refractivity contribution in [3.8, 4) is 5.75 Å². The second kappa shape index (κ2) is 7.66. The highest BCUT2D eigenvalue weighted by atomic mass is 16.5. The first-order valence-corrected chi connectivity index (χ1v) is 8.11. The molecule has 0 radical (unpaired) electrons. The number of benzene rings is 1. The van der Waals surface area contributed by atoms with E-state index in [0.717, 1.165) is 30.6 Å². The summed E-state index contributed by atoms with van der Waals surface area (Å²) in [5.74, 6) is 0.796. The van der Waals surface area contributed by atoms with Gasteiger partial charge in [0.05, 0.1) is 19.1 Å². The smallest absolute Gasteiger partial charge is 0.312 e. The monoisotopic (exact) mass is 306 g/mol. The van der Waals surface area contributed by atoms with Gasteiger partial charge in [0.1, 0.15) is 5.75 Å². The molecular weight excluding hydrogens is 276 g/mol. The first-order valence-electron chi connectivity index (χ1n) is 8.11. The number of esters is 1. The van der Waals surface area contributed by atoms with E-state index in [4.69, 9.17) is 9.47 Å². The van der Waals surface area contributed by atoms with Crippen molar-refractivity contribution < 1.29 is 14.3 Å². The van der Waals surface area contributed by atoms with Gasteiger partial charge in [-0.05, 0) is 43.2 Å². The fraction of sp³-hybridized carbons (Fsp3) is 0.632. The van der Waals surface area contributed by atoms with Crippen LogP contribution in [0.15, 0.2) is 24.3 Å². The van der Waals surface area contributed by atoms with E-state index in [-0.39, 0.29) is 11.4 Å². The molecule has 0 saturated carbocycles. The molecule has 0 saturated heterocycles. The largest absolute Gasteiger partial charge is 0.496 e. The molecule has 0 fully saturated rings. The number of hydrogen-bond acceptors (Lipinski definition) is 3. The SMILES string of the molecule is CCOC(=O)C(CC)(CCc1ccccc1OC)C(C)(C)C. The molecule has 1 unspecified atom stereocenters. The van der Waals surface area contributed by atoms with E-state index in [0.29, 0.717) is 6.61 Å². The first-order chi connectivity index (χ1) is 10.3. The number of methoxy groups -OCH3 is 1. The Morgan fingerprint density at radius 1 is 1.14 bits per heavy atom. The van der Waals surface area contributed by atoms with Crippen molar-refractivity contribution in [2.45, 2.75) is 53.9 Å². The Balaban J connectivity index is 3.06. The van der Waals surface area contributed by atoms with Crippen LogP contribution in [0.4, 0.5) is 0 Å². The van der Waals surface area contributed by atoms with Crippen LogP contribution < -0.4 is 4.74 Å². The highest BCUT2D eigenvalue weighted by Gasteiger charge is 2.47. The summed E-state index contributed by atoms with van der Waals surface area (Å²) >= 11 is 0. The van der Waals surface area contributed by atoms with Gasteiger partial charge in [0.25, 0.3) is 0 Å². The maximum atomic E-state index is 12.7. The predicted molar refractivity (Wildman–Crippen MR) is 90.1 cm³/mol. The van der Waals surface area contributed by atoms with Gasteiger partial charge in [-0.25, -0.2) is 0 Å². The zero-order chi connectivity index (χ0) is 16.8. The fourth-order valence-electron chi connectivity index (χ4n) is 3.16. The molecule has 22 heavy (non-hydrogen) atoms. The summed E-state index contributed by atoms with van der Waals surface area (Å²) < 4.78 is 10.8. The maximum absolute atomic E-state index is 12.7. The molecule has 1 aromatic rings. The van der Waals surface area contributed by atoms with Gasteiger partial charge >= 0.3 is 5.97 Å². The molecule has 1 rings (SSSR count). The molecule has 0 heterocycles. The molecule has 0 amide bonds. The van der Waals surface area contributed by atoms with Crippen molar-refractivity contribution in [3.63, 3.8) is 0 Å². The van der Waals surface area contributed by atoms with Crippen LogP contribution >= 0.6 is 0 Å². The van der Waals surface area contributed by atoms with E-state index in [9.17, 15) is 4.79 Å². The number of aryl methyl sites for hydroxylation is 1. The lowest BCUT2D eigenvalue weighted by atomic mass is 9.62. The zero-order valence-corrected chi connectivity index (χ0v) is 14.9. The molecule has 1 atom stereocenters. The Labute approximate surface area is 135 Å². The topological polar surface area (TPSA) is 35.5 Å². The van der Waals surface area contributed by atoms with Crippen LogP contribution in [0, 0.1) is 10.8 Å². The van der Waals surface area contributed by atoms with Crippen LogP contribution in [0.25, 0.3) is 0 Å². The summed E-state index contributed by atoms with van der Waals surface area (Å²) in [4.78, 5) is 12.7. The number of carbonyl (C=O) groups is 1.